The smallest absolute Gasteiger partial charge is 0.291 e. The summed E-state index contributed by atoms with van der Waals surface area (Å²) in [6, 6.07) is 0. The lowest BCUT2D eigenvalue weighted by molar-refractivity contribution is -0.742. The van der Waals surface area contributed by atoms with Gasteiger partial charge in [0, 0.05) is 0 Å². The van der Waals surface area contributed by atoms with Crippen molar-refractivity contribution in [2.75, 3.05) is 0 Å². The molecule has 0 fully saturated rings. The molecule has 0 aromatic rings. The molecule has 0 aliphatic carbocycles. The van der Waals surface area contributed by atoms with Crippen LogP contribution in [0.15, 0.2) is 0 Å². The highest BCUT2D eigenvalue weighted by Gasteiger charge is 1.65. The molecule has 0 aliphatic heterocycles. The van der Waals surface area contributed by atoms with Crippen molar-refractivity contribution in [3.8, 4) is 0 Å². The van der Waals surface area contributed by atoms with Crippen molar-refractivity contribution in [2.24, 2.45) is 0 Å². The molecule has 0 bridgehead atoms. The summed E-state index contributed by atoms with van der Waals surface area (Å²) in [6.45, 7) is 0. The molecule has 0 saturated carbocycles. The lowest BCUT2D eigenvalue weighted by Gasteiger charge is -1.56. The molecule has 64 valence electrons. The first-order chi connectivity index (χ1) is 3.46. The molecule has 0 unspecified atom stereocenters. The average molecular weight is 194 g/mol. The molecule has 0 rings (SSSR count). The van der Waals surface area contributed by atoms with Gasteiger partial charge in [-0.05, 0) is 0 Å². The van der Waals surface area contributed by atoms with Crippen LogP contribution in [0.1, 0.15) is 0 Å². The second-order valence-corrected chi connectivity index (χ2v) is 0.476. The van der Waals surface area contributed by atoms with Crippen molar-refractivity contribution in [3.63, 3.8) is 0 Å². The minimum Gasteiger partial charge on any atom is -0.328 e. The highest BCUT2D eigenvalue weighted by atomic mass is 32.1. The predicted molar refractivity (Wildman–Crippen MR) is 38.3 cm³/mol. The Labute approximate surface area is 68.6 Å². The Morgan fingerprint density at radius 3 is 0.900 bits per heavy atom. The molecule has 0 radical (unpaired) electrons. The van der Waals surface area contributed by atoms with Crippen molar-refractivity contribution < 1.29 is 20.6 Å². The van der Waals surface area contributed by atoms with Crippen LogP contribution in [0, 0.1) is 20.2 Å². The third kappa shape index (κ3) is 326. The van der Waals surface area contributed by atoms with Gasteiger partial charge < -0.3 is 10.4 Å². The predicted octanol–water partition coefficient (Wildman–Crippen LogP) is -0.470. The van der Waals surface area contributed by atoms with Gasteiger partial charge in [-0.3, -0.25) is 0 Å². The van der Waals surface area contributed by atoms with E-state index in [4.69, 9.17) is 30.6 Å². The SMILES string of the molecule is O=[N+]([O-])O.O=[N+]([O-])O.S.S. The maximum Gasteiger partial charge on any atom is 0.291 e. The molecule has 0 aromatic heterocycles. The lowest BCUT2D eigenvalue weighted by atomic mass is 13.1. The normalized spacial score (nSPS) is 4.80. The molecule has 0 saturated heterocycles. The zero-order valence-electron chi connectivity index (χ0n) is 4.42. The molecule has 10 heteroatoms. The van der Waals surface area contributed by atoms with Gasteiger partial charge in [-0.2, -0.15) is 27.0 Å². The van der Waals surface area contributed by atoms with E-state index < -0.39 is 10.2 Å². The van der Waals surface area contributed by atoms with Crippen LogP contribution in [0.4, 0.5) is 0 Å². The maximum absolute atomic E-state index is 8.36. The first-order valence-corrected chi connectivity index (χ1v) is 1.13. The van der Waals surface area contributed by atoms with Crippen LogP contribution in [0.2, 0.25) is 0 Å². The summed E-state index contributed by atoms with van der Waals surface area (Å²) in [4.78, 5) is 16.7. The molecule has 10 heavy (non-hydrogen) atoms. The minimum atomic E-state index is -1.50. The molecular formula is H6N2O6S2. The molecular weight excluding hydrogens is 188 g/mol. The Morgan fingerprint density at radius 1 is 0.900 bits per heavy atom. The van der Waals surface area contributed by atoms with Crippen LogP contribution in [0.25, 0.3) is 0 Å². The molecule has 0 atom stereocenters. The Balaban J connectivity index is -0.0000000300. The Hall–Kier alpha value is -0.900. The fourth-order valence-electron chi connectivity index (χ4n) is 0. The van der Waals surface area contributed by atoms with Gasteiger partial charge in [0.25, 0.3) is 10.2 Å². The van der Waals surface area contributed by atoms with Crippen molar-refractivity contribution in [2.45, 2.75) is 0 Å². The van der Waals surface area contributed by atoms with Crippen LogP contribution in [-0.2, 0) is 0 Å². The van der Waals surface area contributed by atoms with Gasteiger partial charge in [0.1, 0.15) is 0 Å². The van der Waals surface area contributed by atoms with Gasteiger partial charge in [-0.25, -0.2) is 0 Å². The van der Waals surface area contributed by atoms with E-state index in [-0.39, 0.29) is 27.0 Å². The number of nitrogens with zero attached hydrogens (tertiary/aromatic N) is 2. The summed E-state index contributed by atoms with van der Waals surface area (Å²) < 4.78 is 0. The summed E-state index contributed by atoms with van der Waals surface area (Å²) in [6.07, 6.45) is 0. The van der Waals surface area contributed by atoms with E-state index in [1.807, 2.05) is 0 Å². The van der Waals surface area contributed by atoms with Crippen LogP contribution in [-0.4, -0.2) is 20.6 Å². The van der Waals surface area contributed by atoms with Crippen molar-refractivity contribution in [1.29, 1.82) is 0 Å². The quantitative estimate of drug-likeness (QED) is 0.396. The third-order valence-corrected chi connectivity index (χ3v) is 0. The highest BCUT2D eigenvalue weighted by Crippen LogP contribution is 1.38. The van der Waals surface area contributed by atoms with Gasteiger partial charge >= 0.3 is 0 Å². The fourth-order valence-corrected chi connectivity index (χ4v) is 0. The molecule has 0 amide bonds. The summed E-state index contributed by atoms with van der Waals surface area (Å²) in [5, 5.41) is 27.3. The van der Waals surface area contributed by atoms with Crippen LogP contribution < -0.4 is 0 Å². The number of hydrogen-bond acceptors (Lipinski definition) is 4. The number of hydrogen-bond donors (Lipinski definition) is 2. The standard InChI is InChI=1S/2HNO3.2H2S/c2*2-1(3)4;;/h2*(H,2,3,4);2*1H2. The second-order valence-electron chi connectivity index (χ2n) is 0.476. The fraction of sp³-hybridized carbons (Fsp3) is 0. The molecule has 0 spiro atoms. The van der Waals surface area contributed by atoms with Crippen molar-refractivity contribution >= 4 is 27.0 Å². The Kier molecular flexibility index (Phi) is 36.0. The van der Waals surface area contributed by atoms with E-state index in [9.17, 15) is 0 Å². The summed E-state index contributed by atoms with van der Waals surface area (Å²) in [5.74, 6) is 0. The Bertz CT molecular complexity index is 71.7. The van der Waals surface area contributed by atoms with Crippen LogP contribution in [0.3, 0.4) is 0 Å². The zero-order chi connectivity index (χ0) is 7.15. The van der Waals surface area contributed by atoms with Gasteiger partial charge in [0.05, 0.1) is 0 Å². The van der Waals surface area contributed by atoms with E-state index in [1.54, 1.807) is 0 Å². The minimum absolute atomic E-state index is 0. The lowest BCUT2D eigenvalue weighted by Crippen LogP contribution is -1.81. The zero-order valence-corrected chi connectivity index (χ0v) is 6.42. The van der Waals surface area contributed by atoms with Crippen molar-refractivity contribution in [1.82, 2.24) is 0 Å². The van der Waals surface area contributed by atoms with E-state index in [1.165, 1.54) is 0 Å². The van der Waals surface area contributed by atoms with Gasteiger partial charge in [0.15, 0.2) is 0 Å². The third-order valence-electron chi connectivity index (χ3n) is 0. The second kappa shape index (κ2) is 15.7. The van der Waals surface area contributed by atoms with Crippen molar-refractivity contribution in [3.05, 3.63) is 20.2 Å². The summed E-state index contributed by atoms with van der Waals surface area (Å²) in [5.41, 5.74) is 0. The summed E-state index contributed by atoms with van der Waals surface area (Å²) >= 11 is 0. The molecule has 0 heterocycles. The van der Waals surface area contributed by atoms with Gasteiger partial charge in [0.2, 0.25) is 0 Å². The molecule has 0 aromatic carbocycles. The van der Waals surface area contributed by atoms with E-state index in [0.717, 1.165) is 0 Å². The van der Waals surface area contributed by atoms with Gasteiger partial charge in [-0.15, -0.1) is 20.2 Å². The molecule has 2 N–H and O–H groups in total. The summed E-state index contributed by atoms with van der Waals surface area (Å²) in [7, 11) is 0. The first-order valence-electron chi connectivity index (χ1n) is 1.13. The molecule has 0 aliphatic rings. The number of rotatable bonds is 0. The van der Waals surface area contributed by atoms with E-state index in [0.29, 0.717) is 0 Å². The van der Waals surface area contributed by atoms with Crippen LogP contribution in [0.5, 0.6) is 0 Å². The topological polar surface area (TPSA) is 127 Å². The first kappa shape index (κ1) is 23.0. The monoisotopic (exact) mass is 194 g/mol. The van der Waals surface area contributed by atoms with Crippen LogP contribution >= 0.6 is 27.0 Å². The maximum atomic E-state index is 8.36. The average Bonchev–Trinajstić information content (AvgIpc) is 1.25. The van der Waals surface area contributed by atoms with Gasteiger partial charge in [-0.1, -0.05) is 0 Å². The van der Waals surface area contributed by atoms with E-state index in [2.05, 4.69) is 0 Å². The Morgan fingerprint density at radius 2 is 0.900 bits per heavy atom. The largest absolute Gasteiger partial charge is 0.328 e. The van der Waals surface area contributed by atoms with E-state index >= 15 is 0 Å². The molecule has 8 nitrogen and oxygen atoms in total. The highest BCUT2D eigenvalue weighted by molar-refractivity contribution is 7.59.